The van der Waals surface area contributed by atoms with Crippen LogP contribution in [-0.4, -0.2) is 25.6 Å². The fourth-order valence-electron chi connectivity index (χ4n) is 2.99. The quantitative estimate of drug-likeness (QED) is 0.535. The van der Waals surface area contributed by atoms with Gasteiger partial charge >= 0.3 is 5.97 Å². The standard InChI is InChI=1S/C23H23NO4S/c1-4-28-23(26)18-14-20(15(2)16-10-6-5-7-11-16)29-22(18)24-21(25)17-12-8-9-13-19(17)27-3/h5-15H,4H2,1-3H3,(H,24,25)/t15-/m1/s1. The van der Waals surface area contributed by atoms with Gasteiger partial charge in [-0.05, 0) is 30.7 Å². The molecule has 0 fully saturated rings. The van der Waals surface area contributed by atoms with E-state index in [1.165, 1.54) is 18.4 Å². The Balaban J connectivity index is 1.95. The number of carbonyl (C=O) groups is 2. The van der Waals surface area contributed by atoms with Gasteiger partial charge in [0.1, 0.15) is 10.8 Å². The predicted octanol–water partition coefficient (Wildman–Crippen LogP) is 5.34. The highest BCUT2D eigenvalue weighted by molar-refractivity contribution is 7.16. The zero-order chi connectivity index (χ0) is 20.8. The number of rotatable bonds is 7. The SMILES string of the molecule is CCOC(=O)c1cc([C@H](C)c2ccccc2)sc1NC(=O)c1ccccc1OC. The number of nitrogens with one attached hydrogen (secondary N) is 1. The van der Waals surface area contributed by atoms with Crippen LogP contribution >= 0.6 is 11.3 Å². The Labute approximate surface area is 174 Å². The first-order valence-electron chi connectivity index (χ1n) is 9.35. The summed E-state index contributed by atoms with van der Waals surface area (Å²) >= 11 is 1.38. The summed E-state index contributed by atoms with van der Waals surface area (Å²) in [4.78, 5) is 26.3. The summed E-state index contributed by atoms with van der Waals surface area (Å²) in [6, 6.07) is 18.8. The molecule has 1 heterocycles. The highest BCUT2D eigenvalue weighted by Crippen LogP contribution is 2.37. The van der Waals surface area contributed by atoms with Gasteiger partial charge in [-0.2, -0.15) is 0 Å². The number of benzene rings is 2. The van der Waals surface area contributed by atoms with Crippen molar-refractivity contribution < 1.29 is 19.1 Å². The van der Waals surface area contributed by atoms with Crippen LogP contribution in [0.3, 0.4) is 0 Å². The van der Waals surface area contributed by atoms with Gasteiger partial charge in [-0.1, -0.05) is 49.4 Å². The molecule has 0 bridgehead atoms. The lowest BCUT2D eigenvalue weighted by atomic mass is 9.99. The first kappa shape index (κ1) is 20.6. The third kappa shape index (κ3) is 4.66. The van der Waals surface area contributed by atoms with Crippen molar-refractivity contribution in [3.63, 3.8) is 0 Å². The first-order chi connectivity index (χ1) is 14.0. The number of hydrogen-bond acceptors (Lipinski definition) is 5. The number of ether oxygens (including phenoxy) is 2. The predicted molar refractivity (Wildman–Crippen MR) is 115 cm³/mol. The van der Waals surface area contributed by atoms with E-state index in [1.54, 1.807) is 37.3 Å². The molecule has 0 aliphatic rings. The molecule has 150 valence electrons. The summed E-state index contributed by atoms with van der Waals surface area (Å²) in [6.07, 6.45) is 0. The molecule has 29 heavy (non-hydrogen) atoms. The third-order valence-electron chi connectivity index (χ3n) is 4.55. The second-order valence-corrected chi connectivity index (χ2v) is 7.48. The molecule has 0 saturated heterocycles. The summed E-state index contributed by atoms with van der Waals surface area (Å²) in [5.41, 5.74) is 1.89. The van der Waals surface area contributed by atoms with Gasteiger partial charge in [-0.25, -0.2) is 4.79 Å². The Morgan fingerprint density at radius 3 is 2.41 bits per heavy atom. The number of anilines is 1. The number of thiophene rings is 1. The van der Waals surface area contributed by atoms with Crippen LogP contribution in [0.15, 0.2) is 60.7 Å². The molecule has 5 nitrogen and oxygen atoms in total. The van der Waals surface area contributed by atoms with Crippen LogP contribution in [0.25, 0.3) is 0 Å². The van der Waals surface area contributed by atoms with Crippen molar-refractivity contribution in [2.24, 2.45) is 0 Å². The summed E-state index contributed by atoms with van der Waals surface area (Å²) < 4.78 is 10.5. The Kier molecular flexibility index (Phi) is 6.67. The summed E-state index contributed by atoms with van der Waals surface area (Å²) in [5.74, 6) is -0.247. The molecule has 0 unspecified atom stereocenters. The molecule has 3 aromatic rings. The van der Waals surface area contributed by atoms with Crippen molar-refractivity contribution in [1.82, 2.24) is 0 Å². The van der Waals surface area contributed by atoms with E-state index in [0.717, 1.165) is 10.4 Å². The molecule has 1 atom stereocenters. The van der Waals surface area contributed by atoms with Crippen molar-refractivity contribution in [2.45, 2.75) is 19.8 Å². The van der Waals surface area contributed by atoms with Crippen molar-refractivity contribution in [2.75, 3.05) is 19.0 Å². The van der Waals surface area contributed by atoms with Crippen LogP contribution in [0, 0.1) is 0 Å². The van der Waals surface area contributed by atoms with Crippen LogP contribution in [0.5, 0.6) is 5.75 Å². The maximum atomic E-state index is 12.8. The number of amides is 1. The van der Waals surface area contributed by atoms with E-state index in [1.807, 2.05) is 30.3 Å². The van der Waals surface area contributed by atoms with Crippen molar-refractivity contribution >= 4 is 28.2 Å². The first-order valence-corrected chi connectivity index (χ1v) is 10.2. The molecule has 0 aliphatic carbocycles. The van der Waals surface area contributed by atoms with Gasteiger partial charge in [-0.15, -0.1) is 11.3 Å². The zero-order valence-corrected chi connectivity index (χ0v) is 17.4. The number of carbonyl (C=O) groups excluding carboxylic acids is 2. The maximum Gasteiger partial charge on any atom is 0.341 e. The lowest BCUT2D eigenvalue weighted by Crippen LogP contribution is -2.15. The van der Waals surface area contributed by atoms with Crippen LogP contribution in [-0.2, 0) is 4.74 Å². The van der Waals surface area contributed by atoms with Gasteiger partial charge in [0.05, 0.1) is 24.8 Å². The van der Waals surface area contributed by atoms with E-state index >= 15 is 0 Å². The average molecular weight is 410 g/mol. The molecule has 3 rings (SSSR count). The number of hydrogen-bond donors (Lipinski definition) is 1. The van der Waals surface area contributed by atoms with Crippen molar-refractivity contribution in [1.29, 1.82) is 0 Å². The van der Waals surface area contributed by atoms with Crippen LogP contribution in [0.2, 0.25) is 0 Å². The summed E-state index contributed by atoms with van der Waals surface area (Å²) in [5, 5.41) is 3.34. The molecule has 1 N–H and O–H groups in total. The average Bonchev–Trinajstić information content (AvgIpc) is 3.17. The van der Waals surface area contributed by atoms with Crippen molar-refractivity contribution in [3.8, 4) is 5.75 Å². The second-order valence-electron chi connectivity index (χ2n) is 6.40. The monoisotopic (exact) mass is 409 g/mol. The van der Waals surface area contributed by atoms with E-state index in [2.05, 4.69) is 12.2 Å². The van der Waals surface area contributed by atoms with E-state index in [9.17, 15) is 9.59 Å². The minimum atomic E-state index is -0.453. The molecule has 0 aliphatic heterocycles. The van der Waals surface area contributed by atoms with Crippen LogP contribution in [0.4, 0.5) is 5.00 Å². The van der Waals surface area contributed by atoms with Gasteiger partial charge in [0.2, 0.25) is 0 Å². The second kappa shape index (κ2) is 9.39. The molecule has 0 radical (unpaired) electrons. The summed E-state index contributed by atoms with van der Waals surface area (Å²) in [7, 11) is 1.51. The Bertz CT molecular complexity index is 997. The minimum absolute atomic E-state index is 0.0753. The van der Waals surface area contributed by atoms with Crippen LogP contribution in [0.1, 0.15) is 50.9 Å². The molecule has 1 amide bonds. The largest absolute Gasteiger partial charge is 0.496 e. The van der Waals surface area contributed by atoms with Crippen LogP contribution < -0.4 is 10.1 Å². The van der Waals surface area contributed by atoms with Crippen molar-refractivity contribution in [3.05, 3.63) is 82.2 Å². The normalized spacial score (nSPS) is 11.6. The third-order valence-corrected chi connectivity index (χ3v) is 5.78. The Morgan fingerprint density at radius 1 is 1.03 bits per heavy atom. The van der Waals surface area contributed by atoms with Gasteiger partial charge in [0.25, 0.3) is 5.91 Å². The molecule has 1 aromatic heterocycles. The highest BCUT2D eigenvalue weighted by atomic mass is 32.1. The molecular weight excluding hydrogens is 386 g/mol. The molecule has 0 saturated carbocycles. The minimum Gasteiger partial charge on any atom is -0.496 e. The van der Waals surface area contributed by atoms with Gasteiger partial charge in [0, 0.05) is 10.8 Å². The number of methoxy groups -OCH3 is 1. The molecule has 2 aromatic carbocycles. The molecule has 6 heteroatoms. The number of para-hydroxylation sites is 1. The molecular formula is C23H23NO4S. The Hall–Kier alpha value is -3.12. The zero-order valence-electron chi connectivity index (χ0n) is 16.6. The molecule has 0 spiro atoms. The fraction of sp³-hybridized carbons (Fsp3) is 0.217. The van der Waals surface area contributed by atoms with E-state index in [-0.39, 0.29) is 18.4 Å². The lowest BCUT2D eigenvalue weighted by Gasteiger charge is -2.10. The van der Waals surface area contributed by atoms with E-state index in [0.29, 0.717) is 21.9 Å². The summed E-state index contributed by atoms with van der Waals surface area (Å²) in [6.45, 7) is 4.09. The van der Waals surface area contributed by atoms with Gasteiger partial charge in [0.15, 0.2) is 0 Å². The maximum absolute atomic E-state index is 12.8. The van der Waals surface area contributed by atoms with Gasteiger partial charge in [-0.3, -0.25) is 4.79 Å². The fourth-order valence-corrected chi connectivity index (χ4v) is 4.11. The lowest BCUT2D eigenvalue weighted by molar-refractivity contribution is 0.0528. The number of esters is 1. The van der Waals surface area contributed by atoms with Gasteiger partial charge < -0.3 is 14.8 Å². The highest BCUT2D eigenvalue weighted by Gasteiger charge is 2.23. The van der Waals surface area contributed by atoms with E-state index < -0.39 is 5.97 Å². The Morgan fingerprint density at radius 2 is 1.72 bits per heavy atom. The topological polar surface area (TPSA) is 64.6 Å². The smallest absolute Gasteiger partial charge is 0.341 e. The van der Waals surface area contributed by atoms with E-state index in [4.69, 9.17) is 9.47 Å².